The summed E-state index contributed by atoms with van der Waals surface area (Å²) in [6, 6.07) is 7.81. The Balaban J connectivity index is 2.40. The maximum Gasteiger partial charge on any atom is 0.165 e. The number of fused-ring (bicyclic) bond motifs is 1. The number of rotatable bonds is 2. The Morgan fingerprint density at radius 3 is 2.75 bits per heavy atom. The zero-order valence-electron chi connectivity index (χ0n) is 11.2. The average molecular weight is 306 g/mol. The number of imidazole rings is 1. The topological polar surface area (TPSA) is 30.7 Å². The molecular weight excluding hydrogens is 293 g/mol. The van der Waals surface area contributed by atoms with E-state index in [4.69, 9.17) is 23.2 Å². The minimum absolute atomic E-state index is 0.306. The fourth-order valence-electron chi connectivity index (χ4n) is 2.28. The number of hydrogen-bond donors (Lipinski definition) is 0. The molecule has 0 aliphatic carbocycles. The molecule has 20 heavy (non-hydrogen) atoms. The highest BCUT2D eigenvalue weighted by molar-refractivity contribution is 6.32. The summed E-state index contributed by atoms with van der Waals surface area (Å²) in [7, 11) is 0. The van der Waals surface area contributed by atoms with E-state index >= 15 is 0 Å². The van der Waals surface area contributed by atoms with E-state index in [0.717, 1.165) is 33.8 Å². The molecule has 2 heterocycles. The summed E-state index contributed by atoms with van der Waals surface area (Å²) >= 11 is 12.4. The molecule has 0 N–H and O–H groups in total. The van der Waals surface area contributed by atoms with Crippen LogP contribution in [0, 0.1) is 13.8 Å². The molecule has 0 aliphatic rings. The minimum Gasteiger partial charge on any atom is -0.278 e. The molecule has 0 radical (unpaired) electrons. The maximum absolute atomic E-state index is 6.34. The lowest BCUT2D eigenvalue weighted by Crippen LogP contribution is -2.01. The van der Waals surface area contributed by atoms with Crippen LogP contribution in [-0.4, -0.2) is 14.5 Å². The molecule has 0 atom stereocenters. The first kappa shape index (κ1) is 13.4. The van der Waals surface area contributed by atoms with Crippen LogP contribution in [-0.2, 0) is 5.88 Å². The van der Waals surface area contributed by atoms with Crippen LogP contribution in [0.5, 0.6) is 0 Å². The fraction of sp³-hybridized carbons (Fsp3) is 0.200. The second-order valence-corrected chi connectivity index (χ2v) is 5.43. The summed E-state index contributed by atoms with van der Waals surface area (Å²) in [6.07, 6.45) is 1.78. The molecule has 3 aromatic rings. The van der Waals surface area contributed by atoms with Crippen LogP contribution in [0.4, 0.5) is 0 Å². The van der Waals surface area contributed by atoms with Gasteiger partial charge in [0.25, 0.3) is 0 Å². The van der Waals surface area contributed by atoms with Crippen LogP contribution >= 0.6 is 23.2 Å². The molecule has 0 fully saturated rings. The third-order valence-corrected chi connectivity index (χ3v) is 3.84. The zero-order valence-corrected chi connectivity index (χ0v) is 12.7. The Morgan fingerprint density at radius 1 is 1.20 bits per heavy atom. The van der Waals surface area contributed by atoms with E-state index in [2.05, 4.69) is 9.97 Å². The normalized spacial score (nSPS) is 11.2. The van der Waals surface area contributed by atoms with Gasteiger partial charge in [0.05, 0.1) is 16.6 Å². The van der Waals surface area contributed by atoms with E-state index in [1.807, 2.05) is 42.7 Å². The van der Waals surface area contributed by atoms with Crippen LogP contribution in [0.1, 0.15) is 17.0 Å². The van der Waals surface area contributed by atoms with Gasteiger partial charge < -0.3 is 0 Å². The number of alkyl halides is 1. The van der Waals surface area contributed by atoms with E-state index in [9.17, 15) is 0 Å². The number of benzene rings is 1. The SMILES string of the molecule is Cc1ccc(Cl)c(-n2c(CCl)nc3c(C)ccnc32)c1. The molecule has 0 saturated heterocycles. The third-order valence-electron chi connectivity index (χ3n) is 3.28. The summed E-state index contributed by atoms with van der Waals surface area (Å²) in [5.74, 6) is 1.05. The Bertz CT molecular complexity index is 793. The van der Waals surface area contributed by atoms with Gasteiger partial charge in [0.2, 0.25) is 0 Å². The number of pyridine rings is 1. The Morgan fingerprint density at radius 2 is 2.00 bits per heavy atom. The molecule has 0 amide bonds. The lowest BCUT2D eigenvalue weighted by atomic mass is 10.2. The van der Waals surface area contributed by atoms with Crippen molar-refractivity contribution in [2.45, 2.75) is 19.7 Å². The van der Waals surface area contributed by atoms with E-state index in [-0.39, 0.29) is 0 Å². The van der Waals surface area contributed by atoms with Crippen LogP contribution in [0.2, 0.25) is 5.02 Å². The van der Waals surface area contributed by atoms with Crippen molar-refractivity contribution in [2.75, 3.05) is 0 Å². The highest BCUT2D eigenvalue weighted by Crippen LogP contribution is 2.28. The van der Waals surface area contributed by atoms with E-state index in [1.54, 1.807) is 6.20 Å². The Hall–Kier alpha value is -1.58. The monoisotopic (exact) mass is 305 g/mol. The molecule has 2 aromatic heterocycles. The first-order valence-electron chi connectivity index (χ1n) is 6.27. The summed E-state index contributed by atoms with van der Waals surface area (Å²) in [5.41, 5.74) is 4.71. The van der Waals surface area contributed by atoms with Gasteiger partial charge in [-0.1, -0.05) is 17.7 Å². The molecule has 5 heteroatoms. The smallest absolute Gasteiger partial charge is 0.165 e. The minimum atomic E-state index is 0.306. The molecule has 3 nitrogen and oxygen atoms in total. The van der Waals surface area contributed by atoms with Crippen LogP contribution < -0.4 is 0 Å². The first-order chi connectivity index (χ1) is 9.61. The standard InChI is InChI=1S/C15H13Cl2N3/c1-9-3-4-11(17)12(7-9)20-13(8-16)19-14-10(2)5-6-18-15(14)20/h3-7H,8H2,1-2H3. The van der Waals surface area contributed by atoms with Gasteiger partial charge in [-0.05, 0) is 43.2 Å². The predicted octanol–water partition coefficient (Wildman–Crippen LogP) is 4.43. The Kier molecular flexibility index (Phi) is 3.40. The summed E-state index contributed by atoms with van der Waals surface area (Å²) < 4.78 is 1.94. The second-order valence-electron chi connectivity index (χ2n) is 4.75. The van der Waals surface area contributed by atoms with Gasteiger partial charge >= 0.3 is 0 Å². The van der Waals surface area contributed by atoms with E-state index in [0.29, 0.717) is 10.9 Å². The zero-order chi connectivity index (χ0) is 14.3. The maximum atomic E-state index is 6.34. The van der Waals surface area contributed by atoms with Crippen molar-refractivity contribution in [3.63, 3.8) is 0 Å². The molecule has 0 bridgehead atoms. The number of aromatic nitrogens is 3. The molecule has 0 saturated carbocycles. The largest absolute Gasteiger partial charge is 0.278 e. The number of halogens is 2. The molecule has 102 valence electrons. The summed E-state index contributed by atoms with van der Waals surface area (Å²) in [5, 5.41) is 0.657. The highest BCUT2D eigenvalue weighted by Gasteiger charge is 2.16. The van der Waals surface area contributed by atoms with Crippen molar-refractivity contribution in [1.82, 2.24) is 14.5 Å². The van der Waals surface area contributed by atoms with Crippen LogP contribution in [0.25, 0.3) is 16.9 Å². The van der Waals surface area contributed by atoms with Gasteiger partial charge in [-0.25, -0.2) is 9.97 Å². The van der Waals surface area contributed by atoms with Gasteiger partial charge in [-0.15, -0.1) is 11.6 Å². The molecule has 1 aromatic carbocycles. The summed E-state index contributed by atoms with van der Waals surface area (Å²) in [6.45, 7) is 4.04. The van der Waals surface area contributed by atoms with Crippen molar-refractivity contribution in [1.29, 1.82) is 0 Å². The van der Waals surface area contributed by atoms with Crippen molar-refractivity contribution < 1.29 is 0 Å². The van der Waals surface area contributed by atoms with Gasteiger partial charge in [-0.3, -0.25) is 4.57 Å². The predicted molar refractivity (Wildman–Crippen MR) is 82.9 cm³/mol. The number of aryl methyl sites for hydroxylation is 2. The molecular formula is C15H13Cl2N3. The van der Waals surface area contributed by atoms with Crippen molar-refractivity contribution in [3.8, 4) is 5.69 Å². The van der Waals surface area contributed by atoms with Crippen molar-refractivity contribution in [3.05, 3.63) is 52.4 Å². The van der Waals surface area contributed by atoms with Gasteiger partial charge in [0.15, 0.2) is 5.65 Å². The first-order valence-corrected chi connectivity index (χ1v) is 7.18. The number of nitrogens with zero attached hydrogens (tertiary/aromatic N) is 3. The molecule has 0 aliphatic heterocycles. The quantitative estimate of drug-likeness (QED) is 0.656. The van der Waals surface area contributed by atoms with Crippen molar-refractivity contribution in [2.24, 2.45) is 0 Å². The third kappa shape index (κ3) is 2.07. The average Bonchev–Trinajstić information content (AvgIpc) is 2.81. The lowest BCUT2D eigenvalue weighted by Gasteiger charge is -2.10. The van der Waals surface area contributed by atoms with Gasteiger partial charge in [-0.2, -0.15) is 0 Å². The molecule has 3 rings (SSSR count). The van der Waals surface area contributed by atoms with Crippen molar-refractivity contribution >= 4 is 34.4 Å². The Labute approximate surface area is 127 Å². The van der Waals surface area contributed by atoms with Crippen LogP contribution in [0.15, 0.2) is 30.5 Å². The van der Waals surface area contributed by atoms with Gasteiger partial charge in [0.1, 0.15) is 11.3 Å². The van der Waals surface area contributed by atoms with Crippen LogP contribution in [0.3, 0.4) is 0 Å². The van der Waals surface area contributed by atoms with E-state index < -0.39 is 0 Å². The molecule has 0 unspecified atom stereocenters. The summed E-state index contributed by atoms with van der Waals surface area (Å²) in [4.78, 5) is 9.03. The van der Waals surface area contributed by atoms with Gasteiger partial charge in [0, 0.05) is 6.20 Å². The van der Waals surface area contributed by atoms with E-state index in [1.165, 1.54) is 0 Å². The highest BCUT2D eigenvalue weighted by atomic mass is 35.5. The fourth-order valence-corrected chi connectivity index (χ4v) is 2.66. The number of hydrogen-bond acceptors (Lipinski definition) is 2. The second kappa shape index (κ2) is 5.08. The lowest BCUT2D eigenvalue weighted by molar-refractivity contribution is 0.968. The molecule has 0 spiro atoms.